The summed E-state index contributed by atoms with van der Waals surface area (Å²) >= 11 is 1.64. The van der Waals surface area contributed by atoms with Crippen LogP contribution in [0.15, 0.2) is 24.3 Å². The summed E-state index contributed by atoms with van der Waals surface area (Å²) < 4.78 is 6.44. The Morgan fingerprint density at radius 2 is 2.33 bits per heavy atom. The van der Waals surface area contributed by atoms with Gasteiger partial charge in [0.15, 0.2) is 0 Å². The van der Waals surface area contributed by atoms with Crippen LogP contribution >= 0.6 is 11.3 Å². The van der Waals surface area contributed by atoms with Crippen LogP contribution in [0.2, 0.25) is 0 Å². The minimum atomic E-state index is -0.207. The van der Waals surface area contributed by atoms with E-state index in [4.69, 9.17) is 4.74 Å². The number of morpholine rings is 1. The van der Waals surface area contributed by atoms with Gasteiger partial charge in [-0.05, 0) is 12.1 Å². The summed E-state index contributed by atoms with van der Waals surface area (Å²) in [5, 5.41) is 10.3. The van der Waals surface area contributed by atoms with Gasteiger partial charge in [-0.15, -0.1) is 11.3 Å². The highest BCUT2D eigenvalue weighted by atomic mass is 32.1. The summed E-state index contributed by atoms with van der Waals surface area (Å²) in [6.07, 6.45) is 1.07. The first-order valence-corrected chi connectivity index (χ1v) is 7.92. The van der Waals surface area contributed by atoms with Crippen molar-refractivity contribution in [3.05, 3.63) is 29.3 Å². The molecule has 1 fully saturated rings. The largest absolute Gasteiger partial charge is 0.394 e. The molecule has 0 bridgehead atoms. The summed E-state index contributed by atoms with van der Waals surface area (Å²) in [5.41, 5.74) is 0.990. The minimum Gasteiger partial charge on any atom is -0.394 e. The molecule has 5 nitrogen and oxygen atoms in total. The molecule has 1 saturated heterocycles. The van der Waals surface area contributed by atoms with E-state index < -0.39 is 0 Å². The number of aryl methyl sites for hydroxylation is 1. The molecule has 0 radical (unpaired) electrons. The fourth-order valence-electron chi connectivity index (χ4n) is 2.52. The molecule has 2 heterocycles. The summed E-state index contributed by atoms with van der Waals surface area (Å²) in [6, 6.07) is 7.79. The van der Waals surface area contributed by atoms with E-state index >= 15 is 0 Å². The van der Waals surface area contributed by atoms with Crippen LogP contribution in [-0.4, -0.2) is 53.3 Å². The van der Waals surface area contributed by atoms with Gasteiger partial charge >= 0.3 is 0 Å². The van der Waals surface area contributed by atoms with E-state index in [2.05, 4.69) is 4.98 Å². The molecular weight excluding hydrogens is 288 g/mol. The molecule has 1 aliphatic heterocycles. The van der Waals surface area contributed by atoms with Crippen LogP contribution in [0, 0.1) is 0 Å². The van der Waals surface area contributed by atoms with E-state index in [0.29, 0.717) is 32.6 Å². The number of amides is 1. The second-order valence-corrected chi connectivity index (χ2v) is 6.19. The molecule has 1 N–H and O–H groups in total. The molecule has 6 heteroatoms. The standard InChI is InChI=1S/C15H18N2O3S/c18-9-11-10-20-8-7-17(11)15(19)6-5-14-16-12-3-1-2-4-13(12)21-14/h1-4,11,18H,5-10H2. The van der Waals surface area contributed by atoms with Crippen molar-refractivity contribution in [2.45, 2.75) is 18.9 Å². The number of rotatable bonds is 4. The van der Waals surface area contributed by atoms with Gasteiger partial charge in [-0.25, -0.2) is 4.98 Å². The van der Waals surface area contributed by atoms with Gasteiger partial charge in [0.25, 0.3) is 0 Å². The molecule has 3 rings (SSSR count). The Bertz CT molecular complexity index is 595. The zero-order valence-corrected chi connectivity index (χ0v) is 12.5. The third kappa shape index (κ3) is 3.23. The lowest BCUT2D eigenvalue weighted by Gasteiger charge is -2.34. The maximum atomic E-state index is 12.3. The Balaban J connectivity index is 1.62. The number of nitrogens with zero attached hydrogens (tertiary/aromatic N) is 2. The number of thiazole rings is 1. The van der Waals surface area contributed by atoms with Gasteiger partial charge in [-0.3, -0.25) is 4.79 Å². The van der Waals surface area contributed by atoms with E-state index in [-0.39, 0.29) is 18.6 Å². The lowest BCUT2D eigenvalue weighted by atomic mass is 10.2. The topological polar surface area (TPSA) is 62.7 Å². The molecule has 1 aromatic heterocycles. The molecule has 2 aromatic rings. The summed E-state index contributed by atoms with van der Waals surface area (Å²) in [5.74, 6) is 0.0663. The predicted molar refractivity (Wildman–Crippen MR) is 81.3 cm³/mol. The average Bonchev–Trinajstić information content (AvgIpc) is 2.95. The van der Waals surface area contributed by atoms with Crippen molar-refractivity contribution in [1.82, 2.24) is 9.88 Å². The molecule has 0 aliphatic carbocycles. The summed E-state index contributed by atoms with van der Waals surface area (Å²) in [6.45, 7) is 1.48. The predicted octanol–water partition coefficient (Wildman–Crippen LogP) is 1.45. The Kier molecular flexibility index (Phi) is 4.48. The van der Waals surface area contributed by atoms with Crippen molar-refractivity contribution in [3.8, 4) is 0 Å². The average molecular weight is 306 g/mol. The highest BCUT2D eigenvalue weighted by Crippen LogP contribution is 2.22. The molecule has 1 amide bonds. The molecule has 1 aliphatic rings. The number of aromatic nitrogens is 1. The first-order valence-electron chi connectivity index (χ1n) is 7.10. The molecule has 1 aromatic carbocycles. The summed E-state index contributed by atoms with van der Waals surface area (Å²) in [7, 11) is 0. The van der Waals surface area contributed by atoms with Crippen molar-refractivity contribution in [2.75, 3.05) is 26.4 Å². The van der Waals surface area contributed by atoms with E-state index in [1.54, 1.807) is 16.2 Å². The third-order valence-electron chi connectivity index (χ3n) is 3.65. The lowest BCUT2D eigenvalue weighted by molar-refractivity contribution is -0.141. The van der Waals surface area contributed by atoms with E-state index in [0.717, 1.165) is 15.2 Å². The number of hydrogen-bond donors (Lipinski definition) is 1. The van der Waals surface area contributed by atoms with Gasteiger partial charge in [-0.1, -0.05) is 12.1 Å². The summed E-state index contributed by atoms with van der Waals surface area (Å²) in [4.78, 5) is 18.6. The SMILES string of the molecule is O=C(CCc1nc2ccccc2s1)N1CCOCC1CO. The van der Waals surface area contributed by atoms with Crippen LogP contribution < -0.4 is 0 Å². The van der Waals surface area contributed by atoms with Gasteiger partial charge in [0, 0.05) is 19.4 Å². The molecule has 0 saturated carbocycles. The van der Waals surface area contributed by atoms with Crippen LogP contribution in [0.4, 0.5) is 0 Å². The number of aliphatic hydroxyl groups excluding tert-OH is 1. The second kappa shape index (κ2) is 6.51. The first kappa shape index (κ1) is 14.4. The van der Waals surface area contributed by atoms with Gasteiger partial charge in [0.1, 0.15) is 0 Å². The quantitative estimate of drug-likeness (QED) is 0.928. The van der Waals surface area contributed by atoms with Crippen molar-refractivity contribution in [1.29, 1.82) is 0 Å². The van der Waals surface area contributed by atoms with Crippen LogP contribution in [-0.2, 0) is 16.0 Å². The van der Waals surface area contributed by atoms with Crippen LogP contribution in [0.25, 0.3) is 10.2 Å². The Labute approximate surface area is 127 Å². The van der Waals surface area contributed by atoms with Crippen molar-refractivity contribution < 1.29 is 14.6 Å². The lowest BCUT2D eigenvalue weighted by Crippen LogP contribution is -2.50. The Hall–Kier alpha value is -1.50. The van der Waals surface area contributed by atoms with Crippen LogP contribution in [0.5, 0.6) is 0 Å². The maximum absolute atomic E-state index is 12.3. The molecular formula is C15H18N2O3S. The second-order valence-electron chi connectivity index (χ2n) is 5.07. The molecule has 1 atom stereocenters. The number of carbonyl (C=O) groups excluding carboxylic acids is 1. The zero-order valence-electron chi connectivity index (χ0n) is 11.7. The van der Waals surface area contributed by atoms with Crippen LogP contribution in [0.3, 0.4) is 0 Å². The highest BCUT2D eigenvalue weighted by Gasteiger charge is 2.26. The monoisotopic (exact) mass is 306 g/mol. The maximum Gasteiger partial charge on any atom is 0.223 e. The van der Waals surface area contributed by atoms with Gasteiger partial charge in [0.2, 0.25) is 5.91 Å². The van der Waals surface area contributed by atoms with Gasteiger partial charge in [-0.2, -0.15) is 0 Å². The number of hydrogen-bond acceptors (Lipinski definition) is 5. The molecule has 112 valence electrons. The number of fused-ring (bicyclic) bond motifs is 1. The Morgan fingerprint density at radius 3 is 3.14 bits per heavy atom. The Morgan fingerprint density at radius 1 is 1.48 bits per heavy atom. The molecule has 21 heavy (non-hydrogen) atoms. The van der Waals surface area contributed by atoms with Crippen LogP contribution in [0.1, 0.15) is 11.4 Å². The number of benzene rings is 1. The van der Waals surface area contributed by atoms with E-state index in [9.17, 15) is 9.90 Å². The number of aliphatic hydroxyl groups is 1. The zero-order chi connectivity index (χ0) is 14.7. The number of ether oxygens (including phenoxy) is 1. The van der Waals surface area contributed by atoms with Gasteiger partial charge < -0.3 is 14.7 Å². The van der Waals surface area contributed by atoms with Gasteiger partial charge in [0.05, 0.1) is 41.1 Å². The molecule has 1 unspecified atom stereocenters. The van der Waals surface area contributed by atoms with Crippen molar-refractivity contribution in [3.63, 3.8) is 0 Å². The number of para-hydroxylation sites is 1. The van der Waals surface area contributed by atoms with Crippen molar-refractivity contribution >= 4 is 27.5 Å². The highest BCUT2D eigenvalue weighted by molar-refractivity contribution is 7.18. The normalized spacial score (nSPS) is 19.1. The van der Waals surface area contributed by atoms with E-state index in [1.807, 2.05) is 24.3 Å². The molecule has 0 spiro atoms. The third-order valence-corrected chi connectivity index (χ3v) is 4.75. The fourth-order valence-corrected chi connectivity index (χ4v) is 3.49. The minimum absolute atomic E-state index is 0.0487. The van der Waals surface area contributed by atoms with Crippen molar-refractivity contribution in [2.24, 2.45) is 0 Å². The number of carbonyl (C=O) groups is 1. The first-order chi connectivity index (χ1) is 10.3. The fraction of sp³-hybridized carbons (Fsp3) is 0.467. The smallest absolute Gasteiger partial charge is 0.223 e. The van der Waals surface area contributed by atoms with E-state index in [1.165, 1.54) is 0 Å².